The van der Waals surface area contributed by atoms with Crippen LogP contribution in [-0.2, 0) is 41.2 Å². The van der Waals surface area contributed by atoms with Crippen LogP contribution in [0.5, 0.6) is 17.2 Å². The van der Waals surface area contributed by atoms with Crippen LogP contribution >= 0.6 is 23.5 Å². The quantitative estimate of drug-likeness (QED) is 0.0501. The van der Waals surface area contributed by atoms with Gasteiger partial charge in [-0.05, 0) is 84.6 Å². The van der Waals surface area contributed by atoms with E-state index in [0.29, 0.717) is 50.9 Å². The predicted octanol–water partition coefficient (Wildman–Crippen LogP) is 8.56. The smallest absolute Gasteiger partial charge is 0.418 e. The Morgan fingerprint density at radius 1 is 0.911 bits per heavy atom. The van der Waals surface area contributed by atoms with Crippen molar-refractivity contribution in [2.45, 2.75) is 48.4 Å². The maximum atomic E-state index is 13.6. The van der Waals surface area contributed by atoms with Crippen molar-refractivity contribution < 1.29 is 56.0 Å². The molecule has 2 aliphatic rings. The Labute approximate surface area is 330 Å². The van der Waals surface area contributed by atoms with Gasteiger partial charge in [0, 0.05) is 17.9 Å². The Bertz CT molecular complexity index is 1980. The summed E-state index contributed by atoms with van der Waals surface area (Å²) in [6.45, 7) is 9.07. The molecule has 16 heteroatoms. The zero-order valence-corrected chi connectivity index (χ0v) is 32.1. The van der Waals surface area contributed by atoms with Gasteiger partial charge in [0.15, 0.2) is 23.0 Å². The first-order valence-electron chi connectivity index (χ1n) is 17.7. The van der Waals surface area contributed by atoms with Crippen molar-refractivity contribution in [2.75, 3.05) is 53.3 Å². The van der Waals surface area contributed by atoms with Gasteiger partial charge in [-0.3, -0.25) is 24.1 Å². The second-order valence-corrected chi connectivity index (χ2v) is 14.8. The van der Waals surface area contributed by atoms with Crippen molar-refractivity contribution >= 4 is 58.0 Å². The first-order chi connectivity index (χ1) is 26.9. The highest BCUT2D eigenvalue weighted by Crippen LogP contribution is 2.43. The number of hydrogen-bond donors (Lipinski definition) is 0. The van der Waals surface area contributed by atoms with Crippen molar-refractivity contribution in [1.29, 1.82) is 0 Å². The van der Waals surface area contributed by atoms with Crippen LogP contribution in [0.2, 0.25) is 0 Å². The van der Waals surface area contributed by atoms with Crippen LogP contribution in [0.25, 0.3) is 10.9 Å². The Hall–Kier alpha value is -4.66. The Balaban J connectivity index is 0.965. The number of alkyl halides is 3. The number of imide groups is 1. The molecule has 1 saturated carbocycles. The molecule has 296 valence electrons. The van der Waals surface area contributed by atoms with E-state index in [4.69, 9.17) is 30.3 Å². The van der Waals surface area contributed by atoms with Gasteiger partial charge in [-0.1, -0.05) is 24.3 Å². The minimum atomic E-state index is -4.76. The maximum Gasteiger partial charge on any atom is 0.418 e. The molecule has 11 nitrogen and oxygen atoms in total. The van der Waals surface area contributed by atoms with E-state index in [9.17, 15) is 32.3 Å². The number of methoxy groups -OCH3 is 1. The SMILES string of the molecule is [C-]#[N+]c1ccc(Oc2ccc(/C=C3\SC(=O)N(CCOCCOCCOCCCc4cccc(SC5CCC(=O)CC5=O)c4)C3=O)cc2OC)c(C(F)(F)F)c1. The van der Waals surface area contributed by atoms with Crippen LogP contribution in [0.15, 0.2) is 70.5 Å². The third-order valence-electron chi connectivity index (χ3n) is 8.53. The molecule has 1 heterocycles. The fraction of sp³-hybridized carbons (Fsp3) is 0.375. The maximum absolute atomic E-state index is 13.6. The lowest BCUT2D eigenvalue weighted by atomic mass is 9.98. The molecule has 0 spiro atoms. The van der Waals surface area contributed by atoms with Crippen LogP contribution in [0, 0.1) is 6.57 Å². The van der Waals surface area contributed by atoms with Gasteiger partial charge in [-0.2, -0.15) is 13.2 Å². The minimum Gasteiger partial charge on any atom is -0.493 e. The van der Waals surface area contributed by atoms with E-state index in [1.165, 1.54) is 49.2 Å². The van der Waals surface area contributed by atoms with Crippen molar-refractivity contribution in [3.05, 3.63) is 93.7 Å². The van der Waals surface area contributed by atoms with Crippen LogP contribution in [0.4, 0.5) is 23.7 Å². The average molecular weight is 813 g/mol. The lowest BCUT2D eigenvalue weighted by Gasteiger charge is -2.19. The summed E-state index contributed by atoms with van der Waals surface area (Å²) in [5, 5.41) is -0.622. The molecule has 2 amide bonds. The Morgan fingerprint density at radius 3 is 2.36 bits per heavy atom. The summed E-state index contributed by atoms with van der Waals surface area (Å²) in [6.07, 6.45) is -0.531. The number of carbonyl (C=O) groups is 4. The number of rotatable bonds is 19. The molecule has 1 aliphatic carbocycles. The van der Waals surface area contributed by atoms with E-state index >= 15 is 0 Å². The van der Waals surface area contributed by atoms with Gasteiger partial charge in [-0.15, -0.1) is 11.8 Å². The van der Waals surface area contributed by atoms with Crippen molar-refractivity contribution in [3.63, 3.8) is 0 Å². The number of Topliss-reactive ketones (excluding diaryl/α,β-unsaturated/α-hetero) is 2. The molecule has 2 fully saturated rings. The Kier molecular flexibility index (Phi) is 15.5. The van der Waals surface area contributed by atoms with Crippen LogP contribution in [-0.4, -0.2) is 86.2 Å². The third-order valence-corrected chi connectivity index (χ3v) is 10.7. The Morgan fingerprint density at radius 2 is 1.64 bits per heavy atom. The highest BCUT2D eigenvalue weighted by Gasteiger charge is 2.36. The lowest BCUT2D eigenvalue weighted by molar-refractivity contribution is -0.138. The number of carbonyl (C=O) groups excluding carboxylic acids is 4. The molecule has 1 saturated heterocycles. The van der Waals surface area contributed by atoms with Gasteiger partial charge >= 0.3 is 6.18 Å². The zero-order valence-electron chi connectivity index (χ0n) is 30.4. The molecule has 0 radical (unpaired) electrons. The molecular weight excluding hydrogens is 774 g/mol. The largest absolute Gasteiger partial charge is 0.493 e. The molecule has 0 N–H and O–H groups in total. The summed E-state index contributed by atoms with van der Waals surface area (Å²) < 4.78 is 68.5. The van der Waals surface area contributed by atoms with Crippen LogP contribution in [0.1, 0.15) is 42.4 Å². The van der Waals surface area contributed by atoms with Gasteiger partial charge in [0.2, 0.25) is 0 Å². The number of halogens is 3. The number of amides is 2. The van der Waals surface area contributed by atoms with Crippen molar-refractivity contribution in [1.82, 2.24) is 4.90 Å². The second kappa shape index (κ2) is 20.5. The predicted molar refractivity (Wildman–Crippen MR) is 204 cm³/mol. The highest BCUT2D eigenvalue weighted by atomic mass is 32.2. The first-order valence-corrected chi connectivity index (χ1v) is 19.4. The molecule has 1 aliphatic heterocycles. The molecule has 5 rings (SSSR count). The normalized spacial score (nSPS) is 16.8. The van der Waals surface area contributed by atoms with E-state index < -0.39 is 28.6 Å². The van der Waals surface area contributed by atoms with Gasteiger partial charge in [0.1, 0.15) is 11.5 Å². The van der Waals surface area contributed by atoms with Gasteiger partial charge in [0.25, 0.3) is 11.1 Å². The first kappa shape index (κ1) is 42.5. The van der Waals surface area contributed by atoms with E-state index in [2.05, 4.69) is 10.9 Å². The van der Waals surface area contributed by atoms with Crippen LogP contribution < -0.4 is 9.47 Å². The summed E-state index contributed by atoms with van der Waals surface area (Å²) in [4.78, 5) is 54.5. The number of ketones is 2. The van der Waals surface area contributed by atoms with E-state index in [-0.39, 0.29) is 65.1 Å². The molecule has 1 atom stereocenters. The third kappa shape index (κ3) is 12.2. The second-order valence-electron chi connectivity index (χ2n) is 12.6. The number of thioether (sulfide) groups is 2. The monoisotopic (exact) mass is 812 g/mol. The summed E-state index contributed by atoms with van der Waals surface area (Å²) in [6, 6.07) is 15.4. The summed E-state index contributed by atoms with van der Waals surface area (Å²) >= 11 is 2.28. The average Bonchev–Trinajstić information content (AvgIpc) is 3.43. The fourth-order valence-corrected chi connectivity index (χ4v) is 7.73. The van der Waals surface area contributed by atoms with Crippen molar-refractivity contribution in [2.24, 2.45) is 0 Å². The summed E-state index contributed by atoms with van der Waals surface area (Å²) in [5.41, 5.74) is 0.313. The van der Waals surface area contributed by atoms with Crippen molar-refractivity contribution in [3.8, 4) is 17.2 Å². The summed E-state index contributed by atoms with van der Waals surface area (Å²) in [7, 11) is 1.31. The minimum absolute atomic E-state index is 0.0113. The van der Waals surface area contributed by atoms with E-state index in [0.717, 1.165) is 46.0 Å². The molecule has 0 bridgehead atoms. The van der Waals surface area contributed by atoms with Gasteiger partial charge in [-0.25, -0.2) is 4.85 Å². The van der Waals surface area contributed by atoms with E-state index in [1.807, 2.05) is 18.2 Å². The van der Waals surface area contributed by atoms with Gasteiger partial charge < -0.3 is 23.7 Å². The number of hydrogen-bond acceptors (Lipinski definition) is 11. The topological polar surface area (TPSA) is 122 Å². The number of aryl methyl sites for hydroxylation is 1. The standard InChI is InChI=1S/C40H39F3N2O9S2/c1-44-28-9-12-33(31(24-28)40(41,42)43)54-34-11-8-27(22-35(34)50-2)23-37-38(48)45(39(49)56-37)14-16-52-18-20-53-19-17-51-15-4-6-26-5-3-7-30(21-26)55-36-13-10-29(46)25-32(36)47/h3,5,7-9,11-12,21-24,36H,4,6,10,13-20,25H2,2H3/b37-23-. The molecule has 3 aromatic carbocycles. The van der Waals surface area contributed by atoms with E-state index in [1.54, 1.807) is 0 Å². The lowest BCUT2D eigenvalue weighted by Crippen LogP contribution is -2.31. The number of nitrogens with zero attached hydrogens (tertiary/aromatic N) is 2. The van der Waals surface area contributed by atoms with Gasteiger partial charge in [0.05, 0.1) is 75.4 Å². The summed E-state index contributed by atoms with van der Waals surface area (Å²) in [5.74, 6) is -0.907. The zero-order chi connectivity index (χ0) is 40.1. The molecule has 3 aromatic rings. The highest BCUT2D eigenvalue weighted by molar-refractivity contribution is 8.18. The molecular formula is C40H39F3N2O9S2. The molecule has 56 heavy (non-hydrogen) atoms. The fourth-order valence-electron chi connectivity index (χ4n) is 5.71. The molecule has 1 unspecified atom stereocenters. The number of benzene rings is 3. The molecule has 0 aromatic heterocycles. The number of ether oxygens (including phenoxy) is 5. The van der Waals surface area contributed by atoms with Crippen LogP contribution in [0.3, 0.4) is 0 Å².